The van der Waals surface area contributed by atoms with Crippen LogP contribution in [-0.4, -0.2) is 12.0 Å². The van der Waals surface area contributed by atoms with E-state index < -0.39 is 0 Å². The molecule has 0 radical (unpaired) electrons. The quantitative estimate of drug-likeness (QED) is 0.762. The molecule has 0 amide bonds. The molecular weight excluding hydrogens is 246 g/mol. The summed E-state index contributed by atoms with van der Waals surface area (Å²) in [7, 11) is 2.13. The second-order valence-electron chi connectivity index (χ2n) is 5.04. The molecule has 6 rings (SSSR count). The molecule has 20 heavy (non-hydrogen) atoms. The normalized spacial score (nSPS) is 15.3. The summed E-state index contributed by atoms with van der Waals surface area (Å²) in [4.78, 5) is 7.05. The van der Waals surface area contributed by atoms with Crippen LogP contribution >= 0.6 is 0 Å². The molecule has 3 aromatic rings. The number of benzene rings is 2. The van der Waals surface area contributed by atoms with Crippen molar-refractivity contribution >= 4 is 16.6 Å². The minimum absolute atomic E-state index is 0. The molecule has 1 aliphatic carbocycles. The summed E-state index contributed by atoms with van der Waals surface area (Å²) >= 11 is 0. The molecule has 3 heterocycles. The van der Waals surface area contributed by atoms with E-state index >= 15 is 0 Å². The van der Waals surface area contributed by atoms with E-state index in [0.29, 0.717) is 0 Å². The van der Waals surface area contributed by atoms with Crippen LogP contribution in [0.5, 0.6) is 0 Å². The van der Waals surface area contributed by atoms with E-state index in [-0.39, 0.29) is 12.2 Å². The van der Waals surface area contributed by atoms with Crippen LogP contribution in [0.25, 0.3) is 10.9 Å². The van der Waals surface area contributed by atoms with Crippen molar-refractivity contribution in [2.45, 2.75) is 6.04 Å². The number of aromatic nitrogens is 1. The van der Waals surface area contributed by atoms with Gasteiger partial charge in [-0.1, -0.05) is 30.3 Å². The Morgan fingerprint density at radius 1 is 0.950 bits per heavy atom. The van der Waals surface area contributed by atoms with Gasteiger partial charge in [0.25, 0.3) is 0 Å². The Kier molecular flexibility index (Phi) is 2.92. The molecule has 0 fully saturated rings. The first-order valence-corrected chi connectivity index (χ1v) is 6.51. The van der Waals surface area contributed by atoms with Gasteiger partial charge in [-0.3, -0.25) is 4.98 Å². The molecule has 3 aliphatic rings. The Hall–Kier alpha value is -2.39. The summed E-state index contributed by atoms with van der Waals surface area (Å²) in [5.74, 6) is 0. The van der Waals surface area contributed by atoms with Crippen molar-refractivity contribution in [1.82, 2.24) is 11.1 Å². The van der Waals surface area contributed by atoms with Crippen LogP contribution in [0.3, 0.4) is 0 Å². The molecule has 1 unspecified atom stereocenters. The van der Waals surface area contributed by atoms with Crippen LogP contribution < -0.4 is 11.1 Å². The van der Waals surface area contributed by atoms with Crippen LogP contribution in [0.1, 0.15) is 17.3 Å². The molecule has 3 nitrogen and oxygen atoms in total. The van der Waals surface area contributed by atoms with E-state index in [4.69, 9.17) is 4.98 Å². The number of nitrogens with zero attached hydrogens (tertiary/aromatic N) is 2. The molecule has 3 heteroatoms. The van der Waals surface area contributed by atoms with Crippen molar-refractivity contribution in [3.8, 4) is 0 Å². The first kappa shape index (κ1) is 12.6. The van der Waals surface area contributed by atoms with Gasteiger partial charge in [0.1, 0.15) is 0 Å². The fraction of sp³-hybridized carbons (Fsp3) is 0.118. The van der Waals surface area contributed by atoms with Crippen molar-refractivity contribution in [2.75, 3.05) is 11.9 Å². The van der Waals surface area contributed by atoms with Crippen molar-refractivity contribution < 1.29 is 0 Å². The number of para-hydroxylation sites is 1. The highest BCUT2D eigenvalue weighted by molar-refractivity contribution is 5.81. The zero-order valence-corrected chi connectivity index (χ0v) is 11.5. The van der Waals surface area contributed by atoms with Crippen LogP contribution in [0.4, 0.5) is 5.69 Å². The highest BCUT2D eigenvalue weighted by Crippen LogP contribution is 2.35. The molecule has 1 aromatic heterocycles. The predicted molar refractivity (Wildman–Crippen MR) is 83.5 cm³/mol. The van der Waals surface area contributed by atoms with Crippen molar-refractivity contribution in [3.63, 3.8) is 0 Å². The predicted octanol–water partition coefficient (Wildman–Crippen LogP) is 3.94. The van der Waals surface area contributed by atoms with Gasteiger partial charge in [-0.2, -0.15) is 0 Å². The van der Waals surface area contributed by atoms with E-state index in [1.807, 2.05) is 6.07 Å². The minimum atomic E-state index is 0. The molecule has 1 atom stereocenters. The third-order valence-electron chi connectivity index (χ3n) is 3.88. The molecule has 0 saturated heterocycles. The van der Waals surface area contributed by atoms with Gasteiger partial charge in [0.15, 0.2) is 0 Å². The van der Waals surface area contributed by atoms with Gasteiger partial charge >= 0.3 is 0 Å². The Morgan fingerprint density at radius 3 is 2.55 bits per heavy atom. The average molecular weight is 263 g/mol. The number of hydrogen-bond acceptors (Lipinski definition) is 3. The first-order valence-electron chi connectivity index (χ1n) is 6.51. The van der Waals surface area contributed by atoms with Crippen LogP contribution in [-0.2, 0) is 0 Å². The molecule has 3 N–H and O–H groups in total. The maximum atomic E-state index is 4.76. The molecule has 0 spiro atoms. The average Bonchev–Trinajstić information content (AvgIpc) is 2.80. The zero-order chi connectivity index (χ0) is 12.8. The molecule has 0 saturated carbocycles. The number of fused-ring (bicyclic) bond motifs is 2. The largest absolute Gasteiger partial charge is 0.362 e. The highest BCUT2D eigenvalue weighted by Gasteiger charge is 2.24. The molecular formula is C17H17N3. The van der Waals surface area contributed by atoms with E-state index in [1.165, 1.54) is 16.6 Å². The fourth-order valence-corrected chi connectivity index (χ4v) is 2.89. The summed E-state index contributed by atoms with van der Waals surface area (Å²) in [5.41, 5.74) is 4.73. The van der Waals surface area contributed by atoms with Crippen molar-refractivity contribution in [2.24, 2.45) is 0 Å². The maximum absolute atomic E-state index is 4.76. The van der Waals surface area contributed by atoms with Gasteiger partial charge in [-0.15, -0.1) is 0 Å². The van der Waals surface area contributed by atoms with E-state index in [0.717, 1.165) is 11.2 Å². The fourth-order valence-electron chi connectivity index (χ4n) is 2.89. The van der Waals surface area contributed by atoms with E-state index in [1.54, 1.807) is 0 Å². The number of anilines is 1. The Bertz CT molecular complexity index is 709. The van der Waals surface area contributed by atoms with Gasteiger partial charge in [-0.05, 0) is 35.9 Å². The van der Waals surface area contributed by atoms with Crippen LogP contribution in [0.15, 0.2) is 60.7 Å². The van der Waals surface area contributed by atoms with Gasteiger partial charge < -0.3 is 11.1 Å². The van der Waals surface area contributed by atoms with Gasteiger partial charge in [0, 0.05) is 18.1 Å². The lowest BCUT2D eigenvalue weighted by atomic mass is 10.0. The topological polar surface area (TPSA) is 51.1 Å². The van der Waals surface area contributed by atoms with Gasteiger partial charge in [0.05, 0.1) is 17.3 Å². The lowest BCUT2D eigenvalue weighted by molar-refractivity contribution is 0.767. The zero-order valence-electron chi connectivity index (χ0n) is 11.5. The number of rotatable bonds is 2. The number of hydrogen-bond donors (Lipinski definition) is 1. The summed E-state index contributed by atoms with van der Waals surface area (Å²) < 4.78 is 0. The third kappa shape index (κ3) is 1.75. The van der Waals surface area contributed by atoms with E-state index in [9.17, 15) is 0 Å². The van der Waals surface area contributed by atoms with Gasteiger partial charge in [0.2, 0.25) is 0 Å². The molecule has 2 aromatic carbocycles. The monoisotopic (exact) mass is 263 g/mol. The van der Waals surface area contributed by atoms with E-state index in [2.05, 4.69) is 66.5 Å². The van der Waals surface area contributed by atoms with Crippen molar-refractivity contribution in [1.29, 1.82) is 0 Å². The standard InChI is InChI=1S/C17H14N2.H3N/c1-19(14-5-3-2-4-6-14)17-13-8-9-15-12(11-13)7-10-16(17)18-15;/h2-11,17H,1H3;1H3. The molecule has 4 bridgehead atoms. The Morgan fingerprint density at radius 2 is 1.75 bits per heavy atom. The first-order chi connectivity index (χ1) is 9.33. The summed E-state index contributed by atoms with van der Waals surface area (Å²) in [5, 5.41) is 1.23. The highest BCUT2D eigenvalue weighted by atomic mass is 15.1. The van der Waals surface area contributed by atoms with Crippen LogP contribution in [0.2, 0.25) is 0 Å². The second-order valence-corrected chi connectivity index (χ2v) is 5.04. The third-order valence-corrected chi connectivity index (χ3v) is 3.88. The number of pyridine rings is 1. The van der Waals surface area contributed by atoms with Crippen molar-refractivity contribution in [3.05, 3.63) is 71.9 Å². The second kappa shape index (κ2) is 4.62. The molecule has 2 aliphatic heterocycles. The van der Waals surface area contributed by atoms with Crippen LogP contribution in [0, 0.1) is 0 Å². The Labute approximate surface area is 118 Å². The van der Waals surface area contributed by atoms with Gasteiger partial charge in [-0.25, -0.2) is 0 Å². The summed E-state index contributed by atoms with van der Waals surface area (Å²) in [6.07, 6.45) is 0. The SMILES string of the molecule is CN(c1ccccc1)C1c2ccc3nc1ccc3c2.N. The lowest BCUT2D eigenvalue weighted by Gasteiger charge is -2.28. The lowest BCUT2D eigenvalue weighted by Crippen LogP contribution is -2.24. The summed E-state index contributed by atoms with van der Waals surface area (Å²) in [6.45, 7) is 0. The maximum Gasteiger partial charge on any atom is 0.0963 e. The summed E-state index contributed by atoms with van der Waals surface area (Å²) in [6, 6.07) is 21.5. The molecule has 100 valence electrons. The minimum Gasteiger partial charge on any atom is -0.362 e. The smallest absolute Gasteiger partial charge is 0.0963 e. The Balaban J connectivity index is 0.00000121.